The van der Waals surface area contributed by atoms with E-state index in [4.69, 9.17) is 14.2 Å². The van der Waals surface area contributed by atoms with Gasteiger partial charge in [0.05, 0.1) is 24.7 Å². The Labute approximate surface area is 158 Å². The molecule has 2 aliphatic heterocycles. The third-order valence-corrected chi connectivity index (χ3v) is 5.47. The Morgan fingerprint density at radius 2 is 1.96 bits per heavy atom. The van der Waals surface area contributed by atoms with Crippen molar-refractivity contribution in [2.75, 3.05) is 6.61 Å². The average Bonchev–Trinajstić information content (AvgIpc) is 3.16. The quantitative estimate of drug-likeness (QED) is 0.329. The molecule has 2 N–H and O–H groups in total. The average molecular weight is 378 g/mol. The fraction of sp³-hybridized carbons (Fsp3) is 0.600. The highest BCUT2D eigenvalue weighted by atomic mass is 16.7. The van der Waals surface area contributed by atoms with Gasteiger partial charge in [-0.3, -0.25) is 0 Å². The normalized spacial score (nSPS) is 42.9. The third kappa shape index (κ3) is 3.72. The molecular weight excluding hydrogens is 352 g/mol. The lowest BCUT2D eigenvalue weighted by Crippen LogP contribution is -2.40. The van der Waals surface area contributed by atoms with E-state index in [0.29, 0.717) is 12.8 Å². The Bertz CT molecular complexity index is 718. The van der Waals surface area contributed by atoms with Gasteiger partial charge in [-0.1, -0.05) is 23.8 Å². The number of fused-ring (bicyclic) bond motifs is 1. The third-order valence-electron chi connectivity index (χ3n) is 5.47. The van der Waals surface area contributed by atoms with E-state index in [-0.39, 0.29) is 5.57 Å². The van der Waals surface area contributed by atoms with Crippen molar-refractivity contribution in [3.05, 3.63) is 35.5 Å². The highest BCUT2D eigenvalue weighted by molar-refractivity contribution is 5.91. The van der Waals surface area contributed by atoms with Crippen LogP contribution in [0.1, 0.15) is 33.6 Å². The summed E-state index contributed by atoms with van der Waals surface area (Å²) in [6, 6.07) is 0. The summed E-state index contributed by atoms with van der Waals surface area (Å²) in [5, 5.41) is 19.7. The molecule has 2 saturated heterocycles. The topological polar surface area (TPSA) is 106 Å². The Hall–Kier alpha value is -1.96. The Morgan fingerprint density at radius 3 is 2.56 bits per heavy atom. The standard InChI is InChI=1S/C20H26O7/c1-10-5-14(22)6-11(2)8-16(17-12(3)18(23)25-15(17)7-10)26-19(24)20(9-21)13(4)27-20/h6-7,13-17,21-22H,3,5,8-9H2,1-2,4H3/b10-7-,11-6-/t13-,14-,15+,16+,17-,20-/m0/s1. The molecule has 148 valence electrons. The number of ether oxygens (including phenoxy) is 3. The molecule has 0 amide bonds. The molecule has 3 rings (SSSR count). The van der Waals surface area contributed by atoms with E-state index in [0.717, 1.165) is 11.1 Å². The maximum atomic E-state index is 12.7. The molecule has 6 atom stereocenters. The van der Waals surface area contributed by atoms with Crippen molar-refractivity contribution in [2.45, 2.75) is 63.6 Å². The molecule has 7 heteroatoms. The Morgan fingerprint density at radius 1 is 1.33 bits per heavy atom. The number of epoxide rings is 1. The Balaban J connectivity index is 1.93. The van der Waals surface area contributed by atoms with Crippen molar-refractivity contribution in [1.29, 1.82) is 0 Å². The molecule has 0 aromatic carbocycles. The fourth-order valence-corrected chi connectivity index (χ4v) is 3.84. The summed E-state index contributed by atoms with van der Waals surface area (Å²) < 4.78 is 16.4. The van der Waals surface area contributed by atoms with Gasteiger partial charge >= 0.3 is 11.9 Å². The lowest BCUT2D eigenvalue weighted by atomic mass is 9.85. The first-order valence-electron chi connectivity index (χ1n) is 9.10. The first-order chi connectivity index (χ1) is 12.7. The Kier molecular flexibility index (Phi) is 5.29. The number of aliphatic hydroxyl groups excluding tert-OH is 2. The van der Waals surface area contributed by atoms with Crippen molar-refractivity contribution >= 4 is 11.9 Å². The van der Waals surface area contributed by atoms with Gasteiger partial charge in [-0.05, 0) is 33.3 Å². The van der Waals surface area contributed by atoms with Gasteiger partial charge in [0, 0.05) is 12.0 Å². The SMILES string of the molecule is C=C1C(=O)O[C@@H]2/C=C(/C)C[C@H](O)/C=C(/C)C[C@@H](OC(=O)[C@@]3(CO)O[C@H]3C)[C@@H]12. The van der Waals surface area contributed by atoms with E-state index < -0.39 is 54.5 Å². The highest BCUT2D eigenvalue weighted by Gasteiger charge is 2.62. The predicted molar refractivity (Wildman–Crippen MR) is 95.5 cm³/mol. The maximum Gasteiger partial charge on any atom is 0.343 e. The zero-order valence-corrected chi connectivity index (χ0v) is 15.8. The minimum Gasteiger partial charge on any atom is -0.459 e. The highest BCUT2D eigenvalue weighted by Crippen LogP contribution is 2.40. The molecule has 0 radical (unpaired) electrons. The van der Waals surface area contributed by atoms with E-state index in [1.165, 1.54) is 0 Å². The summed E-state index contributed by atoms with van der Waals surface area (Å²) in [7, 11) is 0. The van der Waals surface area contributed by atoms with Gasteiger partial charge in [0.2, 0.25) is 5.60 Å². The lowest BCUT2D eigenvalue weighted by molar-refractivity contribution is -0.160. The number of carbonyl (C=O) groups is 2. The van der Waals surface area contributed by atoms with Gasteiger partial charge in [-0.15, -0.1) is 0 Å². The largest absolute Gasteiger partial charge is 0.459 e. The van der Waals surface area contributed by atoms with Crippen molar-refractivity contribution in [3.8, 4) is 0 Å². The van der Waals surface area contributed by atoms with Crippen LogP contribution in [0.2, 0.25) is 0 Å². The monoisotopic (exact) mass is 378 g/mol. The summed E-state index contributed by atoms with van der Waals surface area (Å²) in [6.07, 6.45) is 1.76. The zero-order valence-electron chi connectivity index (χ0n) is 15.8. The van der Waals surface area contributed by atoms with Crippen LogP contribution in [0, 0.1) is 5.92 Å². The molecule has 0 saturated carbocycles. The van der Waals surface area contributed by atoms with Crippen molar-refractivity contribution in [2.24, 2.45) is 5.92 Å². The number of rotatable bonds is 3. The van der Waals surface area contributed by atoms with Crippen LogP contribution in [0.25, 0.3) is 0 Å². The second-order valence-electron chi connectivity index (χ2n) is 7.67. The molecule has 0 bridgehead atoms. The second-order valence-corrected chi connectivity index (χ2v) is 7.67. The molecule has 2 fully saturated rings. The first-order valence-corrected chi connectivity index (χ1v) is 9.10. The molecule has 0 unspecified atom stereocenters. The first kappa shape index (κ1) is 19.8. The fourth-order valence-electron chi connectivity index (χ4n) is 3.84. The predicted octanol–water partition coefficient (Wildman–Crippen LogP) is 1.19. The molecule has 3 aliphatic rings. The molecule has 0 aromatic heterocycles. The van der Waals surface area contributed by atoms with Crippen LogP contribution in [0.15, 0.2) is 35.5 Å². The summed E-state index contributed by atoms with van der Waals surface area (Å²) in [4.78, 5) is 24.8. The van der Waals surface area contributed by atoms with Gasteiger partial charge in [-0.25, -0.2) is 9.59 Å². The summed E-state index contributed by atoms with van der Waals surface area (Å²) in [5.41, 5.74) is 0.586. The van der Waals surface area contributed by atoms with Crippen LogP contribution in [0.5, 0.6) is 0 Å². The van der Waals surface area contributed by atoms with E-state index >= 15 is 0 Å². The molecule has 27 heavy (non-hydrogen) atoms. The van der Waals surface area contributed by atoms with Crippen LogP contribution in [-0.4, -0.2) is 58.8 Å². The van der Waals surface area contributed by atoms with E-state index in [9.17, 15) is 19.8 Å². The number of carbonyl (C=O) groups excluding carboxylic acids is 2. The van der Waals surface area contributed by atoms with Gasteiger partial charge in [-0.2, -0.15) is 0 Å². The van der Waals surface area contributed by atoms with Gasteiger partial charge in [0.15, 0.2) is 0 Å². The molecule has 2 heterocycles. The number of hydrogen-bond acceptors (Lipinski definition) is 7. The summed E-state index contributed by atoms with van der Waals surface area (Å²) >= 11 is 0. The molecule has 0 spiro atoms. The molecular formula is C20H26O7. The number of esters is 2. The van der Waals surface area contributed by atoms with Gasteiger partial charge in [0.1, 0.15) is 12.2 Å². The van der Waals surface area contributed by atoms with E-state index in [2.05, 4.69) is 6.58 Å². The van der Waals surface area contributed by atoms with Crippen LogP contribution in [-0.2, 0) is 23.8 Å². The van der Waals surface area contributed by atoms with Crippen LogP contribution in [0.4, 0.5) is 0 Å². The molecule has 1 aliphatic carbocycles. The van der Waals surface area contributed by atoms with Crippen molar-refractivity contribution in [3.63, 3.8) is 0 Å². The van der Waals surface area contributed by atoms with Crippen LogP contribution < -0.4 is 0 Å². The lowest BCUT2D eigenvalue weighted by Gasteiger charge is -2.28. The van der Waals surface area contributed by atoms with Gasteiger partial charge < -0.3 is 24.4 Å². The second kappa shape index (κ2) is 7.22. The minimum atomic E-state index is -1.35. The van der Waals surface area contributed by atoms with Crippen molar-refractivity contribution in [1.82, 2.24) is 0 Å². The molecule has 7 nitrogen and oxygen atoms in total. The molecule has 0 aromatic rings. The smallest absolute Gasteiger partial charge is 0.343 e. The summed E-state index contributed by atoms with van der Waals surface area (Å²) in [5.74, 6) is -1.73. The number of aliphatic hydroxyl groups is 2. The minimum absolute atomic E-state index is 0.249. The van der Waals surface area contributed by atoms with E-state index in [1.54, 1.807) is 19.1 Å². The number of hydrogen-bond donors (Lipinski definition) is 2. The van der Waals surface area contributed by atoms with Gasteiger partial charge in [0.25, 0.3) is 0 Å². The summed E-state index contributed by atoms with van der Waals surface area (Å²) in [6.45, 7) is 8.72. The van der Waals surface area contributed by atoms with Crippen LogP contribution >= 0.6 is 0 Å². The zero-order chi connectivity index (χ0) is 19.9. The van der Waals surface area contributed by atoms with E-state index in [1.807, 2.05) is 13.8 Å². The van der Waals surface area contributed by atoms with Crippen LogP contribution in [0.3, 0.4) is 0 Å². The maximum absolute atomic E-state index is 12.7. The van der Waals surface area contributed by atoms with Crippen molar-refractivity contribution < 1.29 is 34.0 Å².